The van der Waals surface area contributed by atoms with Crippen LogP contribution in [0.5, 0.6) is 0 Å². The fourth-order valence-corrected chi connectivity index (χ4v) is 23.4. The van der Waals surface area contributed by atoms with Crippen molar-refractivity contribution in [1.29, 1.82) is 0 Å². The quantitative estimate of drug-likeness (QED) is 0.175. The second kappa shape index (κ2) is 8.63. The van der Waals surface area contributed by atoms with E-state index in [4.69, 9.17) is 0 Å². The Morgan fingerprint density at radius 1 is 0.395 bits per heavy atom. The van der Waals surface area contributed by atoms with E-state index in [1.165, 1.54) is 66.8 Å². The summed E-state index contributed by atoms with van der Waals surface area (Å²) in [7, 11) is 0. The van der Waals surface area contributed by atoms with E-state index in [1.54, 1.807) is 0 Å². The van der Waals surface area contributed by atoms with Gasteiger partial charge in [0.1, 0.15) is 0 Å². The monoisotopic (exact) mass is 682 g/mol. The average molecular weight is 681 g/mol. The molecule has 0 saturated heterocycles. The summed E-state index contributed by atoms with van der Waals surface area (Å²) in [6, 6.07) is 53.7. The molecule has 0 fully saturated rings. The van der Waals surface area contributed by atoms with Gasteiger partial charge < -0.3 is 0 Å². The third-order valence-corrected chi connectivity index (χ3v) is 22.1. The Morgan fingerprint density at radius 2 is 0.651 bits per heavy atom. The van der Waals surface area contributed by atoms with Crippen LogP contribution in [0.25, 0.3) is 0 Å². The number of benzene rings is 6. The first-order valence-electron chi connectivity index (χ1n) is 14.9. The second-order valence-corrected chi connectivity index (χ2v) is 21.1. The molecule has 0 heterocycles. The molecule has 6 aromatic carbocycles. The Hall–Kier alpha value is -3.84. The van der Waals surface area contributed by atoms with Crippen LogP contribution in [0.15, 0.2) is 146 Å². The Labute approximate surface area is 260 Å². The Balaban J connectivity index is 1.30. The number of hydrogen-bond acceptors (Lipinski definition) is 1. The van der Waals surface area contributed by atoms with E-state index in [-0.39, 0.29) is 25.0 Å². The first-order valence-corrected chi connectivity index (χ1v) is 21.7. The zero-order chi connectivity index (χ0) is 28.3. The van der Waals surface area contributed by atoms with Gasteiger partial charge in [-0.25, -0.2) is 0 Å². The van der Waals surface area contributed by atoms with Crippen molar-refractivity contribution in [3.63, 3.8) is 0 Å². The van der Waals surface area contributed by atoms with Crippen LogP contribution in [-0.4, -0.2) is 25.1 Å². The molecule has 0 aliphatic heterocycles. The van der Waals surface area contributed by atoms with Crippen molar-refractivity contribution in [2.75, 3.05) is 0 Å². The van der Waals surface area contributed by atoms with Gasteiger partial charge in [-0.2, -0.15) is 0 Å². The molecule has 6 aliphatic carbocycles. The van der Waals surface area contributed by atoms with Crippen LogP contribution in [-0.2, 0) is 12.5 Å². The molecule has 6 aromatic rings. The van der Waals surface area contributed by atoms with E-state index in [0.29, 0.717) is 0 Å². The normalized spacial score (nSPS) is 25.0. The van der Waals surface area contributed by atoms with Gasteiger partial charge >= 0.3 is 262 Å². The molecule has 12 rings (SSSR count). The van der Waals surface area contributed by atoms with Crippen molar-refractivity contribution in [2.24, 2.45) is 0 Å². The average Bonchev–Trinajstić information content (AvgIpc) is 3.08. The standard InChI is InChI=1S/C40H26OSe2/c41-43(40-34-22-10-4-16-28(34)38(29-17-5-11-23-35(29)40)30-18-6-12-24-36(30)40)42-39-31-19-7-1-13-25(31)37(26-14-2-8-20-32(26)39)27-15-3-9-21-33(27)39/h1-24,37-38H. The molecular formula is C40H26OSe2. The van der Waals surface area contributed by atoms with Gasteiger partial charge in [-0.05, 0) is 0 Å². The minimum absolute atomic E-state index is 0.183. The van der Waals surface area contributed by atoms with Crippen LogP contribution >= 0.6 is 0 Å². The molecule has 0 aromatic heterocycles. The van der Waals surface area contributed by atoms with Crippen molar-refractivity contribution >= 4 is 25.1 Å². The topological polar surface area (TPSA) is 17.1 Å². The summed E-state index contributed by atoms with van der Waals surface area (Å²) in [6.07, 6.45) is 0. The van der Waals surface area contributed by atoms with Crippen LogP contribution < -0.4 is 0 Å². The zero-order valence-electron chi connectivity index (χ0n) is 23.2. The van der Waals surface area contributed by atoms with Gasteiger partial charge in [-0.1, -0.05) is 0 Å². The summed E-state index contributed by atoms with van der Waals surface area (Å²) in [5, 5.41) is 0. The van der Waals surface area contributed by atoms with E-state index >= 15 is 3.83 Å². The molecule has 0 spiro atoms. The molecule has 3 heteroatoms. The van der Waals surface area contributed by atoms with Gasteiger partial charge in [-0.3, -0.25) is 0 Å². The molecule has 0 radical (unpaired) electrons. The molecule has 6 aliphatic rings. The molecule has 1 unspecified atom stereocenters. The van der Waals surface area contributed by atoms with Gasteiger partial charge in [-0.15, -0.1) is 0 Å². The van der Waals surface area contributed by atoms with Crippen LogP contribution in [0.2, 0.25) is 0 Å². The van der Waals surface area contributed by atoms with E-state index in [0.717, 1.165) is 0 Å². The van der Waals surface area contributed by atoms with E-state index in [2.05, 4.69) is 146 Å². The molecule has 204 valence electrons. The molecule has 43 heavy (non-hydrogen) atoms. The third-order valence-electron chi connectivity index (χ3n) is 10.4. The predicted molar refractivity (Wildman–Crippen MR) is 173 cm³/mol. The van der Waals surface area contributed by atoms with Crippen molar-refractivity contribution < 1.29 is 3.83 Å². The zero-order valence-corrected chi connectivity index (χ0v) is 26.7. The van der Waals surface area contributed by atoms with Crippen molar-refractivity contribution in [3.05, 3.63) is 212 Å². The maximum absolute atomic E-state index is 16.2. The Kier molecular flexibility index (Phi) is 4.93. The van der Waals surface area contributed by atoms with Gasteiger partial charge in [0, 0.05) is 0 Å². The molecular weight excluding hydrogens is 654 g/mol. The predicted octanol–water partition coefficient (Wildman–Crippen LogP) is 7.79. The number of rotatable bonds is 3. The Bertz CT molecular complexity index is 1950. The summed E-state index contributed by atoms with van der Waals surface area (Å²) in [4.78, 5) is 0. The summed E-state index contributed by atoms with van der Waals surface area (Å²) in [5.74, 6) is 0.402. The van der Waals surface area contributed by atoms with Crippen molar-refractivity contribution in [3.8, 4) is 0 Å². The van der Waals surface area contributed by atoms with Crippen LogP contribution in [0, 0.1) is 0 Å². The second-order valence-electron chi connectivity index (χ2n) is 12.1. The van der Waals surface area contributed by atoms with Gasteiger partial charge in [0.15, 0.2) is 0 Å². The maximum atomic E-state index is 16.2. The van der Waals surface area contributed by atoms with Crippen LogP contribution in [0.3, 0.4) is 0 Å². The molecule has 1 atom stereocenters. The van der Waals surface area contributed by atoms with Gasteiger partial charge in [0.2, 0.25) is 0 Å². The summed E-state index contributed by atoms with van der Waals surface area (Å²) in [5.41, 5.74) is 16.0. The van der Waals surface area contributed by atoms with E-state index in [9.17, 15) is 0 Å². The molecule has 0 saturated carbocycles. The number of hydrogen-bond donors (Lipinski definition) is 0. The van der Waals surface area contributed by atoms with Gasteiger partial charge in [0.25, 0.3) is 0 Å². The van der Waals surface area contributed by atoms with Gasteiger partial charge in [0.05, 0.1) is 0 Å². The van der Waals surface area contributed by atoms with Crippen LogP contribution in [0.4, 0.5) is 0 Å². The first kappa shape index (κ1) is 24.6. The summed E-state index contributed by atoms with van der Waals surface area (Å²) in [6.45, 7) is 0. The molecule has 0 amide bonds. The van der Waals surface area contributed by atoms with Crippen molar-refractivity contribution in [1.82, 2.24) is 0 Å². The fourth-order valence-electron chi connectivity index (χ4n) is 8.87. The fraction of sp³-hybridized carbons (Fsp3) is 0.100. The first-order chi connectivity index (χ1) is 21.3. The molecule has 1 nitrogen and oxygen atoms in total. The summed E-state index contributed by atoms with van der Waals surface area (Å²) < 4.78 is 15.1. The third kappa shape index (κ3) is 2.81. The molecule has 4 bridgehead atoms. The van der Waals surface area contributed by atoms with E-state index in [1.807, 2.05) is 0 Å². The SMILES string of the molecule is O=[Se]([Se]C12c3ccccc3C(c3ccccc31)c1ccccc12)C12c3ccccc3C(c3ccccc31)c1ccccc12. The molecule has 0 N–H and O–H groups in total. The van der Waals surface area contributed by atoms with Crippen LogP contribution in [0.1, 0.15) is 78.6 Å². The van der Waals surface area contributed by atoms with E-state index < -0.39 is 20.6 Å². The summed E-state index contributed by atoms with van der Waals surface area (Å²) >= 11 is -2.97. The van der Waals surface area contributed by atoms with Crippen molar-refractivity contribution in [2.45, 2.75) is 20.5 Å². The minimum atomic E-state index is -2.69. The Morgan fingerprint density at radius 3 is 0.977 bits per heavy atom.